The number of rotatable bonds is 3. The molecule has 0 saturated carbocycles. The van der Waals surface area contributed by atoms with Crippen LogP contribution in [0.5, 0.6) is 0 Å². The van der Waals surface area contributed by atoms with Gasteiger partial charge < -0.3 is 4.90 Å². The van der Waals surface area contributed by atoms with E-state index >= 15 is 0 Å². The zero-order chi connectivity index (χ0) is 11.5. The summed E-state index contributed by atoms with van der Waals surface area (Å²) in [6.45, 7) is 1.94. The lowest BCUT2D eigenvalue weighted by Gasteiger charge is -2.20. The minimum atomic E-state index is -4.08. The van der Waals surface area contributed by atoms with Gasteiger partial charge in [-0.25, -0.2) is 0 Å². The molecule has 1 rings (SSSR count). The molecule has 84 valence electrons. The second-order valence-corrected chi connectivity index (χ2v) is 3.62. The Morgan fingerprint density at radius 2 is 1.67 bits per heavy atom. The van der Waals surface area contributed by atoms with Crippen molar-refractivity contribution in [1.29, 1.82) is 0 Å². The first-order valence-electron chi connectivity index (χ1n) is 4.73. The highest BCUT2D eigenvalue weighted by Crippen LogP contribution is 2.21. The first-order chi connectivity index (χ1) is 6.88. The molecule has 0 unspecified atom stereocenters. The number of benzene rings is 1. The van der Waals surface area contributed by atoms with Crippen LogP contribution in [0.25, 0.3) is 0 Å². The van der Waals surface area contributed by atoms with Crippen LogP contribution in [0.15, 0.2) is 24.3 Å². The van der Waals surface area contributed by atoms with E-state index in [2.05, 4.69) is 0 Å². The number of alkyl halides is 3. The van der Waals surface area contributed by atoms with Crippen LogP contribution in [0.1, 0.15) is 12.0 Å². The van der Waals surface area contributed by atoms with E-state index in [0.29, 0.717) is 0 Å². The molecule has 1 aromatic carbocycles. The van der Waals surface area contributed by atoms with Gasteiger partial charge in [0, 0.05) is 19.3 Å². The number of halogens is 3. The molecule has 0 saturated heterocycles. The third-order valence-corrected chi connectivity index (χ3v) is 2.21. The summed E-state index contributed by atoms with van der Waals surface area (Å²) in [5.74, 6) is 0. The molecule has 0 radical (unpaired) electrons. The Bertz CT molecular complexity index is 303. The second-order valence-electron chi connectivity index (χ2n) is 3.62. The van der Waals surface area contributed by atoms with Gasteiger partial charge in [-0.3, -0.25) is 0 Å². The quantitative estimate of drug-likeness (QED) is 0.750. The molecule has 1 aromatic rings. The molecule has 0 aromatic heterocycles. The van der Waals surface area contributed by atoms with Crippen molar-refractivity contribution in [2.24, 2.45) is 0 Å². The van der Waals surface area contributed by atoms with Crippen molar-refractivity contribution in [3.8, 4) is 0 Å². The summed E-state index contributed by atoms with van der Waals surface area (Å²) in [6.07, 6.45) is -4.86. The maximum atomic E-state index is 12.0. The Hall–Kier alpha value is -1.19. The molecular formula is C11H14F3N. The molecule has 0 spiro atoms. The summed E-state index contributed by atoms with van der Waals surface area (Å²) in [6, 6.07) is 7.43. The highest BCUT2D eigenvalue weighted by Gasteiger charge is 2.27. The smallest absolute Gasteiger partial charge is 0.374 e. The van der Waals surface area contributed by atoms with Crippen molar-refractivity contribution in [3.05, 3.63) is 29.8 Å². The first-order valence-corrected chi connectivity index (χ1v) is 4.73. The molecule has 15 heavy (non-hydrogen) atoms. The average Bonchev–Trinajstić information content (AvgIpc) is 2.14. The van der Waals surface area contributed by atoms with Crippen LogP contribution in [-0.2, 0) is 0 Å². The van der Waals surface area contributed by atoms with Gasteiger partial charge in [0.15, 0.2) is 0 Å². The highest BCUT2D eigenvalue weighted by molar-refractivity contribution is 5.46. The van der Waals surface area contributed by atoms with Crippen LogP contribution in [0.4, 0.5) is 18.9 Å². The fourth-order valence-electron chi connectivity index (χ4n) is 1.22. The fraction of sp³-hybridized carbons (Fsp3) is 0.455. The number of nitrogens with zero attached hydrogens (tertiary/aromatic N) is 1. The monoisotopic (exact) mass is 217 g/mol. The number of anilines is 1. The fourth-order valence-corrected chi connectivity index (χ4v) is 1.22. The van der Waals surface area contributed by atoms with E-state index in [1.165, 1.54) is 0 Å². The van der Waals surface area contributed by atoms with E-state index in [-0.39, 0.29) is 6.54 Å². The molecule has 0 atom stereocenters. The van der Waals surface area contributed by atoms with Gasteiger partial charge in [0.05, 0.1) is 6.42 Å². The van der Waals surface area contributed by atoms with Crippen LogP contribution >= 0.6 is 0 Å². The first kappa shape index (κ1) is 11.9. The van der Waals surface area contributed by atoms with E-state index < -0.39 is 12.6 Å². The third kappa shape index (κ3) is 4.23. The summed E-state index contributed by atoms with van der Waals surface area (Å²) in [7, 11) is 1.66. The molecule has 0 bridgehead atoms. The van der Waals surface area contributed by atoms with E-state index in [9.17, 15) is 13.2 Å². The standard InChI is InChI=1S/C11H14F3N/c1-9-3-5-10(6-4-9)15(2)8-7-11(12,13)14/h3-6H,7-8H2,1-2H3. The Labute approximate surface area is 87.5 Å². The predicted molar refractivity (Wildman–Crippen MR) is 55.1 cm³/mol. The van der Waals surface area contributed by atoms with Crippen molar-refractivity contribution in [2.45, 2.75) is 19.5 Å². The summed E-state index contributed by atoms with van der Waals surface area (Å²) in [5, 5.41) is 0. The molecular weight excluding hydrogens is 203 g/mol. The Morgan fingerprint density at radius 3 is 2.13 bits per heavy atom. The van der Waals surface area contributed by atoms with Crippen LogP contribution in [-0.4, -0.2) is 19.8 Å². The molecule has 0 amide bonds. The summed E-state index contributed by atoms with van der Waals surface area (Å²) >= 11 is 0. The third-order valence-electron chi connectivity index (χ3n) is 2.21. The molecule has 0 fully saturated rings. The van der Waals surface area contributed by atoms with Crippen LogP contribution < -0.4 is 4.90 Å². The van der Waals surface area contributed by atoms with Crippen molar-refractivity contribution in [1.82, 2.24) is 0 Å². The normalized spacial score (nSPS) is 11.5. The van der Waals surface area contributed by atoms with Crippen molar-refractivity contribution in [2.75, 3.05) is 18.5 Å². The van der Waals surface area contributed by atoms with Gasteiger partial charge in [0.25, 0.3) is 0 Å². The lowest BCUT2D eigenvalue weighted by Crippen LogP contribution is -2.23. The van der Waals surface area contributed by atoms with Gasteiger partial charge in [-0.1, -0.05) is 17.7 Å². The van der Waals surface area contributed by atoms with Crippen LogP contribution in [0.3, 0.4) is 0 Å². The predicted octanol–water partition coefficient (Wildman–Crippen LogP) is 3.38. The number of aryl methyl sites for hydroxylation is 1. The maximum Gasteiger partial charge on any atom is 0.390 e. The van der Waals surface area contributed by atoms with Crippen molar-refractivity contribution in [3.63, 3.8) is 0 Å². The lowest BCUT2D eigenvalue weighted by atomic mass is 10.2. The Morgan fingerprint density at radius 1 is 1.13 bits per heavy atom. The minimum absolute atomic E-state index is 0.00738. The zero-order valence-corrected chi connectivity index (χ0v) is 8.80. The molecule has 0 N–H and O–H groups in total. The zero-order valence-electron chi connectivity index (χ0n) is 8.80. The van der Waals surface area contributed by atoms with Gasteiger partial charge in [0.1, 0.15) is 0 Å². The molecule has 0 heterocycles. The van der Waals surface area contributed by atoms with Crippen molar-refractivity contribution >= 4 is 5.69 Å². The molecule has 1 nitrogen and oxygen atoms in total. The highest BCUT2D eigenvalue weighted by atomic mass is 19.4. The Kier molecular flexibility index (Phi) is 3.61. The summed E-state index contributed by atoms with van der Waals surface area (Å²) in [4.78, 5) is 1.60. The van der Waals surface area contributed by atoms with Crippen LogP contribution in [0, 0.1) is 6.92 Å². The molecule has 4 heteroatoms. The van der Waals surface area contributed by atoms with Crippen LogP contribution in [0.2, 0.25) is 0 Å². The van der Waals surface area contributed by atoms with E-state index in [4.69, 9.17) is 0 Å². The minimum Gasteiger partial charge on any atom is -0.374 e. The topological polar surface area (TPSA) is 3.24 Å². The lowest BCUT2D eigenvalue weighted by molar-refractivity contribution is -0.132. The van der Waals surface area contributed by atoms with Gasteiger partial charge in [-0.05, 0) is 19.1 Å². The number of hydrogen-bond donors (Lipinski definition) is 0. The van der Waals surface area contributed by atoms with Crippen molar-refractivity contribution < 1.29 is 13.2 Å². The Balaban J connectivity index is 2.54. The van der Waals surface area contributed by atoms with E-state index in [1.807, 2.05) is 31.2 Å². The van der Waals surface area contributed by atoms with Gasteiger partial charge in [0.2, 0.25) is 0 Å². The molecule has 0 aliphatic carbocycles. The SMILES string of the molecule is Cc1ccc(N(C)CCC(F)(F)F)cc1. The summed E-state index contributed by atoms with van der Waals surface area (Å²) < 4.78 is 35.9. The molecule has 0 aliphatic rings. The van der Waals surface area contributed by atoms with Gasteiger partial charge >= 0.3 is 6.18 Å². The summed E-state index contributed by atoms with van der Waals surface area (Å²) in [5.41, 5.74) is 1.91. The molecule has 0 aliphatic heterocycles. The van der Waals surface area contributed by atoms with Gasteiger partial charge in [-0.2, -0.15) is 13.2 Å². The van der Waals surface area contributed by atoms with E-state index in [1.54, 1.807) is 11.9 Å². The number of hydrogen-bond acceptors (Lipinski definition) is 1. The van der Waals surface area contributed by atoms with Gasteiger partial charge in [-0.15, -0.1) is 0 Å². The maximum absolute atomic E-state index is 12.0. The second kappa shape index (κ2) is 4.55. The van der Waals surface area contributed by atoms with E-state index in [0.717, 1.165) is 11.3 Å². The average molecular weight is 217 g/mol. The largest absolute Gasteiger partial charge is 0.390 e.